The second kappa shape index (κ2) is 5.58. The zero-order valence-corrected chi connectivity index (χ0v) is 13.1. The number of nitrogens with two attached hydrogens (primary N) is 1. The van der Waals surface area contributed by atoms with Crippen LogP contribution in [0.15, 0.2) is 40.9 Å². The van der Waals surface area contributed by atoms with E-state index in [4.69, 9.17) is 10.5 Å². The van der Waals surface area contributed by atoms with Crippen molar-refractivity contribution in [1.29, 1.82) is 0 Å². The summed E-state index contributed by atoms with van der Waals surface area (Å²) in [6.07, 6.45) is 2.16. The fraction of sp³-hybridized carbons (Fsp3) is 0.294. The zero-order valence-electron chi connectivity index (χ0n) is 11.5. The lowest BCUT2D eigenvalue weighted by Crippen LogP contribution is -2.17. The smallest absolute Gasteiger partial charge is 0.127 e. The average molecular weight is 332 g/mol. The van der Waals surface area contributed by atoms with Crippen LogP contribution in [-0.2, 0) is 6.42 Å². The van der Waals surface area contributed by atoms with Gasteiger partial charge in [-0.2, -0.15) is 0 Å². The van der Waals surface area contributed by atoms with Gasteiger partial charge >= 0.3 is 0 Å². The Balaban J connectivity index is 2.04. The van der Waals surface area contributed by atoms with Crippen LogP contribution in [0, 0.1) is 6.92 Å². The largest absolute Gasteiger partial charge is 0.493 e. The van der Waals surface area contributed by atoms with Crippen molar-refractivity contribution in [2.45, 2.75) is 25.8 Å². The van der Waals surface area contributed by atoms with Crippen molar-refractivity contribution in [1.82, 2.24) is 0 Å². The molecule has 1 unspecified atom stereocenters. The van der Waals surface area contributed by atoms with Gasteiger partial charge in [-0.1, -0.05) is 46.3 Å². The molecule has 0 saturated carbocycles. The molecule has 0 aromatic heterocycles. The van der Waals surface area contributed by atoms with Gasteiger partial charge < -0.3 is 10.5 Å². The van der Waals surface area contributed by atoms with Crippen molar-refractivity contribution in [3.8, 4) is 5.75 Å². The van der Waals surface area contributed by atoms with Crippen LogP contribution in [0.4, 0.5) is 0 Å². The first-order chi connectivity index (χ1) is 9.66. The molecule has 3 heteroatoms. The molecule has 0 aliphatic carbocycles. The molecule has 1 aliphatic heterocycles. The number of fused-ring (bicyclic) bond motifs is 1. The fourth-order valence-corrected chi connectivity index (χ4v) is 3.45. The number of aryl methyl sites for hydroxylation is 2. The SMILES string of the molecule is Cc1ccc(C(N)c2cccc3c2OCCC3)c(Br)c1. The molecule has 0 spiro atoms. The van der Waals surface area contributed by atoms with E-state index in [0.29, 0.717) is 0 Å². The van der Waals surface area contributed by atoms with E-state index in [0.717, 1.165) is 40.8 Å². The molecule has 2 aromatic carbocycles. The number of rotatable bonds is 2. The summed E-state index contributed by atoms with van der Waals surface area (Å²) in [6, 6.07) is 12.4. The first-order valence-electron chi connectivity index (χ1n) is 6.93. The lowest BCUT2D eigenvalue weighted by molar-refractivity contribution is 0.284. The summed E-state index contributed by atoms with van der Waals surface area (Å²) in [5.41, 5.74) is 11.1. The second-order valence-corrected chi connectivity index (χ2v) is 6.14. The number of halogens is 1. The lowest BCUT2D eigenvalue weighted by Gasteiger charge is -2.24. The molecule has 0 saturated heterocycles. The van der Waals surface area contributed by atoms with Crippen molar-refractivity contribution < 1.29 is 4.74 Å². The highest BCUT2D eigenvalue weighted by atomic mass is 79.9. The molecule has 0 bridgehead atoms. The van der Waals surface area contributed by atoms with Gasteiger partial charge in [-0.05, 0) is 42.5 Å². The van der Waals surface area contributed by atoms with Gasteiger partial charge in [0.15, 0.2) is 0 Å². The normalized spacial score (nSPS) is 15.3. The Hall–Kier alpha value is -1.32. The molecule has 1 aliphatic rings. The molecule has 104 valence electrons. The molecule has 0 radical (unpaired) electrons. The highest BCUT2D eigenvalue weighted by Gasteiger charge is 2.21. The first kappa shape index (κ1) is 13.7. The molecule has 2 aromatic rings. The Morgan fingerprint density at radius 2 is 2.05 bits per heavy atom. The number of para-hydroxylation sites is 1. The van der Waals surface area contributed by atoms with E-state index < -0.39 is 0 Å². The van der Waals surface area contributed by atoms with Gasteiger partial charge in [0, 0.05) is 10.0 Å². The molecule has 3 rings (SSSR count). The van der Waals surface area contributed by atoms with Gasteiger partial charge in [-0.25, -0.2) is 0 Å². The van der Waals surface area contributed by atoms with E-state index in [1.165, 1.54) is 11.1 Å². The Kier molecular flexibility index (Phi) is 3.81. The summed E-state index contributed by atoms with van der Waals surface area (Å²) in [7, 11) is 0. The Bertz CT molecular complexity index is 639. The van der Waals surface area contributed by atoms with Crippen molar-refractivity contribution in [2.24, 2.45) is 5.73 Å². The van der Waals surface area contributed by atoms with Crippen molar-refractivity contribution in [3.63, 3.8) is 0 Å². The van der Waals surface area contributed by atoms with Crippen LogP contribution in [-0.4, -0.2) is 6.61 Å². The summed E-state index contributed by atoms with van der Waals surface area (Å²) in [4.78, 5) is 0. The van der Waals surface area contributed by atoms with Crippen molar-refractivity contribution in [2.75, 3.05) is 6.61 Å². The standard InChI is InChI=1S/C17H18BrNO/c1-11-7-8-13(15(18)10-11)16(19)14-6-2-4-12-5-3-9-20-17(12)14/h2,4,6-8,10,16H,3,5,9,19H2,1H3. The van der Waals surface area contributed by atoms with Gasteiger partial charge in [-0.15, -0.1) is 0 Å². The van der Waals surface area contributed by atoms with Crippen molar-refractivity contribution >= 4 is 15.9 Å². The van der Waals surface area contributed by atoms with Gasteiger partial charge in [0.1, 0.15) is 5.75 Å². The van der Waals surface area contributed by atoms with Crippen LogP contribution in [0.3, 0.4) is 0 Å². The van der Waals surface area contributed by atoms with Crippen LogP contribution < -0.4 is 10.5 Å². The minimum Gasteiger partial charge on any atom is -0.493 e. The maximum absolute atomic E-state index is 6.48. The molecule has 1 atom stereocenters. The number of benzene rings is 2. The molecule has 2 nitrogen and oxygen atoms in total. The Morgan fingerprint density at radius 1 is 1.20 bits per heavy atom. The van der Waals surface area contributed by atoms with E-state index in [2.05, 4.69) is 59.3 Å². The molecule has 20 heavy (non-hydrogen) atoms. The second-order valence-electron chi connectivity index (χ2n) is 5.29. The number of ether oxygens (including phenoxy) is 1. The quantitative estimate of drug-likeness (QED) is 0.897. The van der Waals surface area contributed by atoms with E-state index in [9.17, 15) is 0 Å². The maximum atomic E-state index is 6.48. The van der Waals surface area contributed by atoms with Crippen LogP contribution in [0.2, 0.25) is 0 Å². The maximum Gasteiger partial charge on any atom is 0.127 e. The van der Waals surface area contributed by atoms with E-state index in [-0.39, 0.29) is 6.04 Å². The molecular weight excluding hydrogens is 314 g/mol. The molecule has 0 amide bonds. The Morgan fingerprint density at radius 3 is 2.85 bits per heavy atom. The van der Waals surface area contributed by atoms with Crippen LogP contribution in [0.5, 0.6) is 5.75 Å². The van der Waals surface area contributed by atoms with Gasteiger partial charge in [-0.3, -0.25) is 0 Å². The average Bonchev–Trinajstić information content (AvgIpc) is 2.46. The van der Waals surface area contributed by atoms with E-state index in [1.54, 1.807) is 0 Å². The minimum absolute atomic E-state index is 0.168. The number of hydrogen-bond donors (Lipinski definition) is 1. The third-order valence-electron chi connectivity index (χ3n) is 3.79. The fourth-order valence-electron chi connectivity index (χ4n) is 2.71. The Labute approximate surface area is 128 Å². The highest BCUT2D eigenvalue weighted by molar-refractivity contribution is 9.10. The summed E-state index contributed by atoms with van der Waals surface area (Å²) in [5, 5.41) is 0. The molecule has 2 N–H and O–H groups in total. The molecule has 0 fully saturated rings. The lowest BCUT2D eigenvalue weighted by atomic mass is 9.94. The van der Waals surface area contributed by atoms with Crippen LogP contribution in [0.25, 0.3) is 0 Å². The predicted octanol–water partition coefficient (Wildman–Crippen LogP) is 4.13. The minimum atomic E-state index is -0.168. The van der Waals surface area contributed by atoms with Crippen LogP contribution in [0.1, 0.15) is 34.7 Å². The highest BCUT2D eigenvalue weighted by Crippen LogP contribution is 2.36. The van der Waals surface area contributed by atoms with Gasteiger partial charge in [0.2, 0.25) is 0 Å². The van der Waals surface area contributed by atoms with Gasteiger partial charge in [0.05, 0.1) is 12.6 Å². The first-order valence-corrected chi connectivity index (χ1v) is 7.72. The topological polar surface area (TPSA) is 35.2 Å². The monoisotopic (exact) mass is 331 g/mol. The molecular formula is C17H18BrNO. The van der Waals surface area contributed by atoms with Gasteiger partial charge in [0.25, 0.3) is 0 Å². The number of hydrogen-bond acceptors (Lipinski definition) is 2. The summed E-state index contributed by atoms with van der Waals surface area (Å²) in [5.74, 6) is 0.985. The summed E-state index contributed by atoms with van der Waals surface area (Å²) in [6.45, 7) is 2.86. The van der Waals surface area contributed by atoms with E-state index >= 15 is 0 Å². The van der Waals surface area contributed by atoms with E-state index in [1.807, 2.05) is 0 Å². The summed E-state index contributed by atoms with van der Waals surface area (Å²) >= 11 is 3.62. The molecule has 1 heterocycles. The van der Waals surface area contributed by atoms with Crippen LogP contribution >= 0.6 is 15.9 Å². The zero-order chi connectivity index (χ0) is 14.1. The predicted molar refractivity (Wildman–Crippen MR) is 85.2 cm³/mol. The third-order valence-corrected chi connectivity index (χ3v) is 4.48. The third kappa shape index (κ3) is 2.48. The van der Waals surface area contributed by atoms with Crippen molar-refractivity contribution in [3.05, 3.63) is 63.1 Å². The summed E-state index contributed by atoms with van der Waals surface area (Å²) < 4.78 is 6.92.